The number of halogens is 2. The first-order valence-corrected chi connectivity index (χ1v) is 3.64. The molecule has 0 aliphatic heterocycles. The lowest BCUT2D eigenvalue weighted by Gasteiger charge is -1.97. The normalized spacial score (nSPS) is 11.3. The summed E-state index contributed by atoms with van der Waals surface area (Å²) in [6.07, 6.45) is -2.65. The van der Waals surface area contributed by atoms with Gasteiger partial charge < -0.3 is 5.11 Å². The monoisotopic (exact) mass is 184 g/mol. The largest absolute Gasteiger partial charge is 0.507 e. The van der Waals surface area contributed by atoms with Crippen molar-refractivity contribution in [3.63, 3.8) is 0 Å². The van der Waals surface area contributed by atoms with Crippen molar-refractivity contribution in [1.29, 1.82) is 0 Å². The maximum absolute atomic E-state index is 12.3. The summed E-state index contributed by atoms with van der Waals surface area (Å²) in [4.78, 5) is 0. The van der Waals surface area contributed by atoms with E-state index in [1.807, 2.05) is 0 Å². The summed E-state index contributed by atoms with van der Waals surface area (Å²) in [5.74, 6) is -0.179. The highest BCUT2D eigenvalue weighted by molar-refractivity contribution is 5.87. The highest BCUT2D eigenvalue weighted by Crippen LogP contribution is 2.31. The Hall–Kier alpha value is -1.65. The summed E-state index contributed by atoms with van der Waals surface area (Å²) in [6, 6.07) is 4.45. The quantitative estimate of drug-likeness (QED) is 0.713. The fraction of sp³-hybridized carbons (Fsp3) is 0.125. The Bertz CT molecular complexity index is 439. The topological polar surface area (TPSA) is 48.9 Å². The van der Waals surface area contributed by atoms with E-state index in [4.69, 9.17) is 0 Å². The molecule has 13 heavy (non-hydrogen) atoms. The lowest BCUT2D eigenvalue weighted by atomic mass is 10.2. The van der Waals surface area contributed by atoms with Crippen LogP contribution in [0.5, 0.6) is 5.75 Å². The standard InChI is InChI=1S/C8H6F2N2O/c9-8(10)7-6-4(11-12-7)2-1-3-5(6)13/h1-3,8,13H,(H,11,12). The molecule has 0 spiro atoms. The second-order valence-electron chi connectivity index (χ2n) is 2.61. The van der Waals surface area contributed by atoms with E-state index < -0.39 is 6.43 Å². The number of nitrogens with zero attached hydrogens (tertiary/aromatic N) is 1. The van der Waals surface area contributed by atoms with E-state index in [-0.39, 0.29) is 16.8 Å². The molecule has 5 heteroatoms. The van der Waals surface area contributed by atoms with Gasteiger partial charge in [-0.3, -0.25) is 5.10 Å². The third-order valence-electron chi connectivity index (χ3n) is 1.80. The van der Waals surface area contributed by atoms with E-state index >= 15 is 0 Å². The summed E-state index contributed by atoms with van der Waals surface area (Å²) in [7, 11) is 0. The molecule has 0 saturated heterocycles. The van der Waals surface area contributed by atoms with Crippen LogP contribution in [0.3, 0.4) is 0 Å². The summed E-state index contributed by atoms with van der Waals surface area (Å²) >= 11 is 0. The molecule has 0 amide bonds. The number of aromatic nitrogens is 2. The maximum Gasteiger partial charge on any atom is 0.280 e. The van der Waals surface area contributed by atoms with Gasteiger partial charge in [-0.2, -0.15) is 5.10 Å². The average Bonchev–Trinajstić information content (AvgIpc) is 2.49. The average molecular weight is 184 g/mol. The smallest absolute Gasteiger partial charge is 0.280 e. The van der Waals surface area contributed by atoms with Gasteiger partial charge in [-0.25, -0.2) is 8.78 Å². The fourth-order valence-electron chi connectivity index (χ4n) is 1.23. The van der Waals surface area contributed by atoms with Crippen molar-refractivity contribution in [2.75, 3.05) is 0 Å². The Morgan fingerprint density at radius 1 is 1.38 bits per heavy atom. The van der Waals surface area contributed by atoms with Crippen molar-refractivity contribution in [1.82, 2.24) is 10.2 Å². The van der Waals surface area contributed by atoms with Gasteiger partial charge >= 0.3 is 0 Å². The SMILES string of the molecule is Oc1cccc2n[nH]c(C(F)F)c12. The first-order valence-electron chi connectivity index (χ1n) is 3.64. The van der Waals surface area contributed by atoms with Gasteiger partial charge in [0, 0.05) is 0 Å². The third-order valence-corrected chi connectivity index (χ3v) is 1.80. The minimum atomic E-state index is -2.65. The number of hydrogen-bond donors (Lipinski definition) is 2. The van der Waals surface area contributed by atoms with Crippen LogP contribution < -0.4 is 0 Å². The molecule has 1 aromatic heterocycles. The number of fused-ring (bicyclic) bond motifs is 1. The van der Waals surface area contributed by atoms with Crippen LogP contribution in [0.1, 0.15) is 12.1 Å². The van der Waals surface area contributed by atoms with Gasteiger partial charge in [0.1, 0.15) is 11.4 Å². The van der Waals surface area contributed by atoms with Gasteiger partial charge in [0.05, 0.1) is 10.9 Å². The molecular weight excluding hydrogens is 178 g/mol. The number of aromatic hydroxyl groups is 1. The Kier molecular flexibility index (Phi) is 1.65. The molecule has 2 rings (SSSR count). The summed E-state index contributed by atoms with van der Waals surface area (Å²) in [5.41, 5.74) is 0.00315. The lowest BCUT2D eigenvalue weighted by molar-refractivity contribution is 0.147. The van der Waals surface area contributed by atoms with Gasteiger partial charge in [0.2, 0.25) is 0 Å². The fourth-order valence-corrected chi connectivity index (χ4v) is 1.23. The number of alkyl halides is 2. The van der Waals surface area contributed by atoms with E-state index in [0.717, 1.165) is 0 Å². The van der Waals surface area contributed by atoms with Crippen LogP contribution in [-0.2, 0) is 0 Å². The molecular formula is C8H6F2N2O. The van der Waals surface area contributed by atoms with Crippen molar-refractivity contribution in [2.24, 2.45) is 0 Å². The van der Waals surface area contributed by atoms with Crippen molar-refractivity contribution < 1.29 is 13.9 Å². The highest BCUT2D eigenvalue weighted by atomic mass is 19.3. The van der Waals surface area contributed by atoms with Gasteiger partial charge in [0.25, 0.3) is 6.43 Å². The van der Waals surface area contributed by atoms with E-state index in [1.54, 1.807) is 12.1 Å². The second-order valence-corrected chi connectivity index (χ2v) is 2.61. The summed E-state index contributed by atoms with van der Waals surface area (Å²) < 4.78 is 24.7. The Morgan fingerprint density at radius 2 is 2.15 bits per heavy atom. The van der Waals surface area contributed by atoms with Crippen molar-refractivity contribution in [3.05, 3.63) is 23.9 Å². The summed E-state index contributed by atoms with van der Waals surface area (Å²) in [6.45, 7) is 0. The van der Waals surface area contributed by atoms with E-state index in [9.17, 15) is 13.9 Å². The number of rotatable bonds is 1. The molecule has 2 N–H and O–H groups in total. The third kappa shape index (κ3) is 1.12. The van der Waals surface area contributed by atoms with Crippen molar-refractivity contribution >= 4 is 10.9 Å². The molecule has 0 unspecified atom stereocenters. The molecule has 3 nitrogen and oxygen atoms in total. The van der Waals surface area contributed by atoms with Gasteiger partial charge in [-0.1, -0.05) is 6.07 Å². The number of benzene rings is 1. The Morgan fingerprint density at radius 3 is 2.85 bits per heavy atom. The van der Waals surface area contributed by atoms with Crippen LogP contribution >= 0.6 is 0 Å². The molecule has 0 bridgehead atoms. The molecule has 68 valence electrons. The molecule has 0 saturated carbocycles. The Balaban J connectivity index is 2.79. The first-order chi connectivity index (χ1) is 6.20. The second kappa shape index (κ2) is 2.69. The Labute approximate surface area is 72.0 Å². The minimum Gasteiger partial charge on any atom is -0.507 e. The number of phenols is 1. The number of nitrogens with one attached hydrogen (secondary N) is 1. The minimum absolute atomic E-state index is 0.0949. The first kappa shape index (κ1) is 7.97. The van der Waals surface area contributed by atoms with Gasteiger partial charge in [-0.05, 0) is 12.1 Å². The maximum atomic E-state index is 12.3. The van der Waals surface area contributed by atoms with E-state index in [0.29, 0.717) is 5.52 Å². The molecule has 1 heterocycles. The molecule has 0 radical (unpaired) electrons. The van der Waals surface area contributed by atoms with Crippen LogP contribution in [0.2, 0.25) is 0 Å². The van der Waals surface area contributed by atoms with Crippen molar-refractivity contribution in [2.45, 2.75) is 6.43 Å². The molecule has 0 aliphatic carbocycles. The molecule has 0 aliphatic rings. The van der Waals surface area contributed by atoms with E-state index in [1.165, 1.54) is 6.07 Å². The van der Waals surface area contributed by atoms with Gasteiger partial charge in [0.15, 0.2) is 0 Å². The van der Waals surface area contributed by atoms with E-state index in [2.05, 4.69) is 10.2 Å². The number of hydrogen-bond acceptors (Lipinski definition) is 2. The van der Waals surface area contributed by atoms with Crippen LogP contribution in [0.4, 0.5) is 8.78 Å². The number of aromatic amines is 1. The highest BCUT2D eigenvalue weighted by Gasteiger charge is 2.16. The van der Waals surface area contributed by atoms with Crippen molar-refractivity contribution in [3.8, 4) is 5.75 Å². The molecule has 2 aromatic rings. The zero-order valence-electron chi connectivity index (χ0n) is 6.46. The zero-order chi connectivity index (χ0) is 9.42. The lowest BCUT2D eigenvalue weighted by Crippen LogP contribution is -1.84. The van der Waals surface area contributed by atoms with Gasteiger partial charge in [-0.15, -0.1) is 0 Å². The number of H-pyrrole nitrogens is 1. The molecule has 1 aromatic carbocycles. The van der Waals surface area contributed by atoms with Crippen LogP contribution in [0.25, 0.3) is 10.9 Å². The predicted molar refractivity (Wildman–Crippen MR) is 42.7 cm³/mol. The molecule has 0 atom stereocenters. The zero-order valence-corrected chi connectivity index (χ0v) is 6.46. The predicted octanol–water partition coefficient (Wildman–Crippen LogP) is 2.21. The van der Waals surface area contributed by atoms with Crippen LogP contribution in [-0.4, -0.2) is 15.3 Å². The van der Waals surface area contributed by atoms with Crippen LogP contribution in [0, 0.1) is 0 Å². The number of phenolic OH excluding ortho intramolecular Hbond substituents is 1. The summed E-state index contributed by atoms with van der Waals surface area (Å²) in [5, 5.41) is 15.2. The molecule has 0 fully saturated rings. The van der Waals surface area contributed by atoms with Crippen LogP contribution in [0.15, 0.2) is 18.2 Å².